The molecule has 1 aromatic rings. The summed E-state index contributed by atoms with van der Waals surface area (Å²) in [6.07, 6.45) is -0.539. The average molecular weight is 278 g/mol. The summed E-state index contributed by atoms with van der Waals surface area (Å²) >= 11 is 0. The van der Waals surface area contributed by atoms with Gasteiger partial charge in [-0.25, -0.2) is 4.79 Å². The summed E-state index contributed by atoms with van der Waals surface area (Å²) in [6, 6.07) is 5.09. The Morgan fingerprint density at radius 1 is 1.40 bits per heavy atom. The van der Waals surface area contributed by atoms with Crippen LogP contribution in [0.2, 0.25) is 0 Å². The minimum Gasteiger partial charge on any atom is -0.482 e. The Morgan fingerprint density at radius 2 is 2.10 bits per heavy atom. The second-order valence-corrected chi connectivity index (χ2v) is 5.55. The number of amides is 2. The lowest BCUT2D eigenvalue weighted by Gasteiger charge is -2.26. The van der Waals surface area contributed by atoms with E-state index in [-0.39, 0.29) is 12.5 Å². The van der Waals surface area contributed by atoms with Crippen molar-refractivity contribution in [1.82, 2.24) is 0 Å². The maximum Gasteiger partial charge on any atom is 0.412 e. The highest BCUT2D eigenvalue weighted by Gasteiger charge is 2.23. The molecule has 2 amide bonds. The second-order valence-electron chi connectivity index (χ2n) is 5.55. The zero-order valence-corrected chi connectivity index (χ0v) is 12.0. The van der Waals surface area contributed by atoms with Gasteiger partial charge in [0, 0.05) is 12.7 Å². The lowest BCUT2D eigenvalue weighted by atomic mass is 10.2. The molecular formula is C14H18N2O4. The molecule has 1 N–H and O–H groups in total. The number of ether oxygens (including phenoxy) is 2. The van der Waals surface area contributed by atoms with Gasteiger partial charge in [-0.05, 0) is 39.0 Å². The summed E-state index contributed by atoms with van der Waals surface area (Å²) in [5.74, 6) is 0.480. The van der Waals surface area contributed by atoms with Gasteiger partial charge in [0.15, 0.2) is 6.61 Å². The third-order valence-corrected chi connectivity index (χ3v) is 2.69. The zero-order valence-electron chi connectivity index (χ0n) is 12.0. The highest BCUT2D eigenvalue weighted by Crippen LogP contribution is 2.33. The van der Waals surface area contributed by atoms with Crippen molar-refractivity contribution in [2.75, 3.05) is 23.9 Å². The van der Waals surface area contributed by atoms with Crippen molar-refractivity contribution in [3.63, 3.8) is 0 Å². The number of fused-ring (bicyclic) bond motifs is 1. The highest BCUT2D eigenvalue weighted by atomic mass is 16.6. The van der Waals surface area contributed by atoms with Crippen molar-refractivity contribution in [3.8, 4) is 5.75 Å². The molecule has 0 unspecified atom stereocenters. The number of anilines is 2. The third-order valence-electron chi connectivity index (χ3n) is 2.69. The van der Waals surface area contributed by atoms with Gasteiger partial charge in [-0.15, -0.1) is 0 Å². The van der Waals surface area contributed by atoms with Crippen LogP contribution in [0, 0.1) is 0 Å². The third kappa shape index (κ3) is 3.20. The molecule has 0 saturated carbocycles. The highest BCUT2D eigenvalue weighted by molar-refractivity contribution is 5.98. The maximum atomic E-state index is 11.7. The van der Waals surface area contributed by atoms with E-state index in [1.165, 1.54) is 4.90 Å². The standard InChI is InChI=1S/C14H18N2O4/c1-14(2,3)20-13(18)15-9-5-6-11-10(7-9)16(4)12(17)8-19-11/h5-7H,8H2,1-4H3,(H,15,18). The fourth-order valence-corrected chi connectivity index (χ4v) is 1.77. The van der Waals surface area contributed by atoms with E-state index >= 15 is 0 Å². The van der Waals surface area contributed by atoms with Crippen LogP contribution in [-0.2, 0) is 9.53 Å². The minimum absolute atomic E-state index is 0.0301. The lowest BCUT2D eigenvalue weighted by Crippen LogP contribution is -2.35. The summed E-state index contributed by atoms with van der Waals surface area (Å²) < 4.78 is 10.5. The van der Waals surface area contributed by atoms with Crippen molar-refractivity contribution >= 4 is 23.4 Å². The first kappa shape index (κ1) is 14.2. The Morgan fingerprint density at radius 3 is 2.75 bits per heavy atom. The summed E-state index contributed by atoms with van der Waals surface area (Å²) in [7, 11) is 1.67. The van der Waals surface area contributed by atoms with Crippen LogP contribution in [0.5, 0.6) is 5.75 Å². The Labute approximate surface area is 117 Å². The van der Waals surface area contributed by atoms with Gasteiger partial charge in [0.2, 0.25) is 0 Å². The molecule has 0 radical (unpaired) electrons. The molecule has 20 heavy (non-hydrogen) atoms. The Balaban J connectivity index is 2.15. The monoisotopic (exact) mass is 278 g/mol. The number of rotatable bonds is 1. The van der Waals surface area contributed by atoms with Crippen molar-refractivity contribution in [2.45, 2.75) is 26.4 Å². The molecule has 2 rings (SSSR count). The van der Waals surface area contributed by atoms with Gasteiger partial charge in [-0.3, -0.25) is 10.1 Å². The fourth-order valence-electron chi connectivity index (χ4n) is 1.77. The topological polar surface area (TPSA) is 67.9 Å². The predicted molar refractivity (Wildman–Crippen MR) is 75.2 cm³/mol. The van der Waals surface area contributed by atoms with Gasteiger partial charge in [0.25, 0.3) is 5.91 Å². The van der Waals surface area contributed by atoms with Gasteiger partial charge in [0.05, 0.1) is 5.69 Å². The number of hydrogen-bond acceptors (Lipinski definition) is 4. The van der Waals surface area contributed by atoms with Crippen LogP contribution in [0.25, 0.3) is 0 Å². The van der Waals surface area contributed by atoms with Crippen molar-refractivity contribution in [1.29, 1.82) is 0 Å². The molecule has 0 bridgehead atoms. The molecule has 1 aliphatic heterocycles. The van der Waals surface area contributed by atoms with E-state index in [0.717, 1.165) is 0 Å². The summed E-state index contributed by atoms with van der Waals surface area (Å²) in [4.78, 5) is 24.8. The molecule has 0 fully saturated rings. The summed E-state index contributed by atoms with van der Waals surface area (Å²) in [6.45, 7) is 5.40. The molecule has 1 aromatic carbocycles. The molecule has 0 atom stereocenters. The van der Waals surface area contributed by atoms with Crippen molar-refractivity contribution in [2.24, 2.45) is 0 Å². The van der Waals surface area contributed by atoms with Gasteiger partial charge < -0.3 is 14.4 Å². The van der Waals surface area contributed by atoms with E-state index in [9.17, 15) is 9.59 Å². The fraction of sp³-hybridized carbons (Fsp3) is 0.429. The first-order valence-corrected chi connectivity index (χ1v) is 6.30. The smallest absolute Gasteiger partial charge is 0.412 e. The predicted octanol–water partition coefficient (Wildman–Crippen LogP) is 2.39. The van der Waals surface area contributed by atoms with E-state index in [1.54, 1.807) is 46.0 Å². The number of likely N-dealkylation sites (N-methyl/N-ethyl adjacent to an activating group) is 1. The minimum atomic E-state index is -0.561. The molecular weight excluding hydrogens is 260 g/mol. The molecule has 1 heterocycles. The summed E-state index contributed by atoms with van der Waals surface area (Å²) in [5, 5.41) is 2.63. The van der Waals surface area contributed by atoms with Crippen molar-refractivity contribution in [3.05, 3.63) is 18.2 Å². The Hall–Kier alpha value is -2.24. The number of benzene rings is 1. The number of carbonyl (C=O) groups is 2. The molecule has 6 heteroatoms. The van der Waals surface area contributed by atoms with Gasteiger partial charge >= 0.3 is 6.09 Å². The van der Waals surface area contributed by atoms with Gasteiger partial charge in [-0.2, -0.15) is 0 Å². The largest absolute Gasteiger partial charge is 0.482 e. The number of nitrogens with one attached hydrogen (secondary N) is 1. The Kier molecular flexibility index (Phi) is 3.57. The molecule has 1 aliphatic rings. The maximum absolute atomic E-state index is 11.7. The van der Waals surface area contributed by atoms with E-state index in [2.05, 4.69) is 5.32 Å². The normalized spacial score (nSPS) is 14.4. The first-order chi connectivity index (χ1) is 9.26. The first-order valence-electron chi connectivity index (χ1n) is 6.30. The molecule has 0 aliphatic carbocycles. The van der Waals surface area contributed by atoms with Crippen LogP contribution in [0.15, 0.2) is 18.2 Å². The van der Waals surface area contributed by atoms with E-state index in [1.807, 2.05) is 0 Å². The number of hydrogen-bond donors (Lipinski definition) is 1. The number of carbonyl (C=O) groups excluding carboxylic acids is 2. The van der Waals surface area contributed by atoms with Crippen LogP contribution in [0.3, 0.4) is 0 Å². The molecule has 6 nitrogen and oxygen atoms in total. The average Bonchev–Trinajstić information content (AvgIpc) is 2.32. The SMILES string of the molecule is CN1C(=O)COc2ccc(NC(=O)OC(C)(C)C)cc21. The van der Waals surface area contributed by atoms with Gasteiger partial charge in [-0.1, -0.05) is 0 Å². The zero-order chi connectivity index (χ0) is 14.9. The van der Waals surface area contributed by atoms with E-state index < -0.39 is 11.7 Å². The van der Waals surface area contributed by atoms with Crippen LogP contribution >= 0.6 is 0 Å². The van der Waals surface area contributed by atoms with E-state index in [0.29, 0.717) is 17.1 Å². The molecule has 0 spiro atoms. The number of nitrogens with zero attached hydrogens (tertiary/aromatic N) is 1. The van der Waals surface area contributed by atoms with Crippen LogP contribution < -0.4 is 15.0 Å². The van der Waals surface area contributed by atoms with E-state index in [4.69, 9.17) is 9.47 Å². The quantitative estimate of drug-likeness (QED) is 0.856. The molecule has 0 saturated heterocycles. The Bertz CT molecular complexity index is 549. The second kappa shape index (κ2) is 5.03. The van der Waals surface area contributed by atoms with Crippen LogP contribution in [0.4, 0.5) is 16.2 Å². The van der Waals surface area contributed by atoms with Crippen LogP contribution in [-0.4, -0.2) is 31.3 Å². The molecule has 108 valence electrons. The van der Waals surface area contributed by atoms with Gasteiger partial charge in [0.1, 0.15) is 11.4 Å². The lowest BCUT2D eigenvalue weighted by molar-refractivity contribution is -0.120. The van der Waals surface area contributed by atoms with Crippen LogP contribution in [0.1, 0.15) is 20.8 Å². The molecule has 0 aromatic heterocycles. The van der Waals surface area contributed by atoms with Crippen molar-refractivity contribution < 1.29 is 19.1 Å². The summed E-state index contributed by atoms with van der Waals surface area (Å²) in [5.41, 5.74) is 0.603.